The van der Waals surface area contributed by atoms with E-state index in [1.807, 2.05) is 12.4 Å². The number of aromatic amines is 1. The maximum Gasteiger partial charge on any atom is 0.250 e. The molecule has 0 aliphatic rings. The summed E-state index contributed by atoms with van der Waals surface area (Å²) in [5, 5.41) is 18.0. The van der Waals surface area contributed by atoms with Crippen molar-refractivity contribution in [2.45, 2.75) is 23.7 Å². The van der Waals surface area contributed by atoms with Crippen LogP contribution in [0.3, 0.4) is 0 Å². The Labute approximate surface area is 114 Å². The fourth-order valence-electron chi connectivity index (χ4n) is 1.49. The molecule has 0 radical (unpaired) electrons. The van der Waals surface area contributed by atoms with Gasteiger partial charge in [-0.3, -0.25) is 0 Å². The zero-order valence-corrected chi connectivity index (χ0v) is 12.0. The van der Waals surface area contributed by atoms with Crippen LogP contribution in [-0.2, 0) is 16.6 Å². The standard InChI is InChI=1S/C9H14N6O2S2/c1-6(9-11-14-15-12-9)13-19(16,17)8-3-7(4-10-2)5-18-8/h3,5-6,10,13H,4H2,1-2H3,(H,11,12,14,15). The lowest BCUT2D eigenvalue weighted by Gasteiger charge is -2.08. The van der Waals surface area contributed by atoms with E-state index in [1.165, 1.54) is 11.3 Å². The molecule has 0 saturated heterocycles. The van der Waals surface area contributed by atoms with Gasteiger partial charge in [-0.2, -0.15) is 9.94 Å². The molecule has 19 heavy (non-hydrogen) atoms. The van der Waals surface area contributed by atoms with Gasteiger partial charge in [0, 0.05) is 6.54 Å². The van der Waals surface area contributed by atoms with Crippen molar-refractivity contribution in [2.24, 2.45) is 0 Å². The zero-order valence-electron chi connectivity index (χ0n) is 10.4. The summed E-state index contributed by atoms with van der Waals surface area (Å²) in [6.45, 7) is 2.29. The van der Waals surface area contributed by atoms with Gasteiger partial charge < -0.3 is 5.32 Å². The average Bonchev–Trinajstić information content (AvgIpc) is 2.99. The van der Waals surface area contributed by atoms with E-state index in [-0.39, 0.29) is 4.21 Å². The van der Waals surface area contributed by atoms with Crippen LogP contribution in [0.25, 0.3) is 0 Å². The third kappa shape index (κ3) is 3.35. The lowest BCUT2D eigenvalue weighted by molar-refractivity contribution is 0.562. The van der Waals surface area contributed by atoms with Gasteiger partial charge in [-0.15, -0.1) is 21.5 Å². The van der Waals surface area contributed by atoms with Crippen LogP contribution < -0.4 is 10.0 Å². The molecule has 0 aromatic carbocycles. The first-order valence-corrected chi connectivity index (χ1v) is 7.87. The fraction of sp³-hybridized carbons (Fsp3) is 0.444. The minimum absolute atomic E-state index is 0.271. The van der Waals surface area contributed by atoms with Crippen molar-refractivity contribution < 1.29 is 8.42 Å². The van der Waals surface area contributed by atoms with Crippen LogP contribution in [0.1, 0.15) is 24.4 Å². The fourth-order valence-corrected chi connectivity index (χ4v) is 3.91. The van der Waals surface area contributed by atoms with Crippen molar-refractivity contribution >= 4 is 21.4 Å². The van der Waals surface area contributed by atoms with Crippen molar-refractivity contribution in [1.82, 2.24) is 30.7 Å². The van der Waals surface area contributed by atoms with Gasteiger partial charge >= 0.3 is 0 Å². The predicted octanol–water partition coefficient (Wildman–Crippen LogP) is 0.0201. The van der Waals surface area contributed by atoms with E-state index in [0.29, 0.717) is 12.4 Å². The highest BCUT2D eigenvalue weighted by Gasteiger charge is 2.22. The second kappa shape index (κ2) is 5.74. The van der Waals surface area contributed by atoms with Crippen LogP contribution in [0.15, 0.2) is 15.7 Å². The molecule has 0 saturated carbocycles. The predicted molar refractivity (Wildman–Crippen MR) is 70.0 cm³/mol. The number of tetrazole rings is 1. The maximum absolute atomic E-state index is 12.1. The number of hydrogen-bond acceptors (Lipinski definition) is 7. The molecule has 1 unspecified atom stereocenters. The molecule has 0 aliphatic heterocycles. The molecule has 2 heterocycles. The molecular weight excluding hydrogens is 288 g/mol. The number of nitrogens with zero attached hydrogens (tertiary/aromatic N) is 3. The van der Waals surface area contributed by atoms with Gasteiger partial charge in [-0.1, -0.05) is 5.21 Å². The molecule has 104 valence electrons. The Morgan fingerprint density at radius 3 is 2.95 bits per heavy atom. The molecule has 10 heteroatoms. The number of hydrogen-bond donors (Lipinski definition) is 3. The Balaban J connectivity index is 2.13. The van der Waals surface area contributed by atoms with Gasteiger partial charge in [0.05, 0.1) is 6.04 Å². The molecule has 2 aromatic rings. The van der Waals surface area contributed by atoms with Crippen molar-refractivity contribution in [2.75, 3.05) is 7.05 Å². The normalized spacial score (nSPS) is 13.6. The van der Waals surface area contributed by atoms with E-state index in [4.69, 9.17) is 0 Å². The third-order valence-electron chi connectivity index (χ3n) is 2.36. The average molecular weight is 302 g/mol. The van der Waals surface area contributed by atoms with Gasteiger partial charge in [0.2, 0.25) is 0 Å². The molecular formula is C9H14N6O2S2. The van der Waals surface area contributed by atoms with E-state index in [1.54, 1.807) is 13.0 Å². The van der Waals surface area contributed by atoms with Gasteiger partial charge in [-0.05, 0) is 31.0 Å². The monoisotopic (exact) mass is 302 g/mol. The van der Waals surface area contributed by atoms with Crippen molar-refractivity contribution in [3.8, 4) is 0 Å². The smallest absolute Gasteiger partial charge is 0.250 e. The Bertz CT molecular complexity index is 621. The lowest BCUT2D eigenvalue weighted by atomic mass is 10.3. The molecule has 0 aliphatic carbocycles. The third-order valence-corrected chi connectivity index (χ3v) is 5.39. The molecule has 0 amide bonds. The lowest BCUT2D eigenvalue weighted by Crippen LogP contribution is -2.27. The van der Waals surface area contributed by atoms with Crippen molar-refractivity contribution in [3.05, 3.63) is 22.8 Å². The van der Waals surface area contributed by atoms with Crippen molar-refractivity contribution in [3.63, 3.8) is 0 Å². The summed E-state index contributed by atoms with van der Waals surface area (Å²) < 4.78 is 27.1. The van der Waals surface area contributed by atoms with Gasteiger partial charge in [0.15, 0.2) is 5.82 Å². The molecule has 2 rings (SSSR count). The van der Waals surface area contributed by atoms with Crippen LogP contribution >= 0.6 is 11.3 Å². The number of rotatable bonds is 6. The molecule has 2 aromatic heterocycles. The second-order valence-electron chi connectivity index (χ2n) is 3.92. The first-order chi connectivity index (χ1) is 9.03. The van der Waals surface area contributed by atoms with Gasteiger partial charge in [0.1, 0.15) is 4.21 Å². The molecule has 0 spiro atoms. The first kappa shape index (κ1) is 14.1. The summed E-state index contributed by atoms with van der Waals surface area (Å²) >= 11 is 1.18. The molecule has 3 N–H and O–H groups in total. The molecule has 8 nitrogen and oxygen atoms in total. The van der Waals surface area contributed by atoms with Crippen LogP contribution in [0.5, 0.6) is 0 Å². The highest BCUT2D eigenvalue weighted by atomic mass is 32.2. The minimum Gasteiger partial charge on any atom is -0.316 e. The molecule has 0 bridgehead atoms. The minimum atomic E-state index is -3.56. The summed E-state index contributed by atoms with van der Waals surface area (Å²) in [6, 6.07) is 1.10. The van der Waals surface area contributed by atoms with E-state index < -0.39 is 16.1 Å². The second-order valence-corrected chi connectivity index (χ2v) is 6.77. The number of H-pyrrole nitrogens is 1. The van der Waals surface area contributed by atoms with Crippen LogP contribution in [0.2, 0.25) is 0 Å². The highest BCUT2D eigenvalue weighted by molar-refractivity contribution is 7.91. The number of thiophene rings is 1. The van der Waals surface area contributed by atoms with Crippen LogP contribution in [0.4, 0.5) is 0 Å². The van der Waals surface area contributed by atoms with Crippen molar-refractivity contribution in [1.29, 1.82) is 0 Å². The summed E-state index contributed by atoms with van der Waals surface area (Å²) in [6.07, 6.45) is 0. The summed E-state index contributed by atoms with van der Waals surface area (Å²) in [7, 11) is -1.76. The Morgan fingerprint density at radius 2 is 2.32 bits per heavy atom. The topological polar surface area (TPSA) is 113 Å². The first-order valence-electron chi connectivity index (χ1n) is 5.50. The SMILES string of the molecule is CNCc1csc(S(=O)(=O)NC(C)c2nn[nH]n2)c1. The molecule has 1 atom stereocenters. The summed E-state index contributed by atoms with van der Waals surface area (Å²) in [5.74, 6) is 0.301. The number of aromatic nitrogens is 4. The van der Waals surface area contributed by atoms with E-state index in [0.717, 1.165) is 5.56 Å². The quantitative estimate of drug-likeness (QED) is 0.693. The maximum atomic E-state index is 12.1. The largest absolute Gasteiger partial charge is 0.316 e. The van der Waals surface area contributed by atoms with Crippen LogP contribution in [-0.4, -0.2) is 36.1 Å². The highest BCUT2D eigenvalue weighted by Crippen LogP contribution is 2.21. The van der Waals surface area contributed by atoms with E-state index >= 15 is 0 Å². The molecule has 0 fully saturated rings. The Hall–Kier alpha value is -1.36. The number of nitrogens with one attached hydrogen (secondary N) is 3. The Morgan fingerprint density at radius 1 is 1.53 bits per heavy atom. The van der Waals surface area contributed by atoms with E-state index in [9.17, 15) is 8.42 Å². The summed E-state index contributed by atoms with van der Waals surface area (Å²) in [4.78, 5) is 0. The van der Waals surface area contributed by atoms with Crippen LogP contribution in [0, 0.1) is 0 Å². The number of sulfonamides is 1. The summed E-state index contributed by atoms with van der Waals surface area (Å²) in [5.41, 5.74) is 0.931. The Kier molecular flexibility index (Phi) is 4.24. The van der Waals surface area contributed by atoms with Gasteiger partial charge in [-0.25, -0.2) is 8.42 Å². The van der Waals surface area contributed by atoms with E-state index in [2.05, 4.69) is 30.7 Å². The zero-order chi connectivity index (χ0) is 13.9. The van der Waals surface area contributed by atoms with Gasteiger partial charge in [0.25, 0.3) is 10.0 Å².